The summed E-state index contributed by atoms with van der Waals surface area (Å²) >= 11 is 3.84. The fraction of sp³-hybridized carbons (Fsp3) is 0.565. The molecule has 0 spiro atoms. The van der Waals surface area contributed by atoms with Crippen LogP contribution < -0.4 is 0 Å². The first-order valence-corrected chi connectivity index (χ1v) is 10.9. The van der Waals surface area contributed by atoms with Crippen molar-refractivity contribution in [2.45, 2.75) is 69.3 Å². The van der Waals surface area contributed by atoms with Crippen LogP contribution in [-0.2, 0) is 0 Å². The van der Waals surface area contributed by atoms with Crippen molar-refractivity contribution >= 4 is 15.9 Å². The molecule has 3 rings (SSSR count). The molecule has 0 radical (unpaired) electrons. The summed E-state index contributed by atoms with van der Waals surface area (Å²) in [4.78, 5) is 3.31. The number of nitrogens with zero attached hydrogens (tertiary/aromatic N) is 1. The zero-order chi connectivity index (χ0) is 17.6. The average Bonchev–Trinajstić information content (AvgIpc) is 2.58. The Kier molecular flexibility index (Phi) is 6.81. The van der Waals surface area contributed by atoms with Crippen LogP contribution >= 0.6 is 15.9 Å². The molecule has 0 aromatic heterocycles. The second-order valence-electron chi connectivity index (χ2n) is 7.69. The van der Waals surface area contributed by atoms with Crippen LogP contribution in [0.1, 0.15) is 52.4 Å². The lowest BCUT2D eigenvalue weighted by Gasteiger charge is -2.49. The van der Waals surface area contributed by atoms with Crippen molar-refractivity contribution in [2.75, 3.05) is 0 Å². The van der Waals surface area contributed by atoms with E-state index in [1.54, 1.807) is 0 Å². The second-order valence-corrected chi connectivity index (χ2v) is 9.13. The summed E-state index contributed by atoms with van der Waals surface area (Å²) in [6.07, 6.45) is 28.5. The minimum absolute atomic E-state index is 0.439. The monoisotopic (exact) mass is 401 g/mol. The predicted molar refractivity (Wildman–Crippen MR) is 113 cm³/mol. The Morgan fingerprint density at radius 3 is 2.44 bits per heavy atom. The minimum Gasteiger partial charge on any atom is -0.364 e. The van der Waals surface area contributed by atoms with Gasteiger partial charge in [-0.25, -0.2) is 0 Å². The first-order valence-electron chi connectivity index (χ1n) is 9.99. The predicted octanol–water partition coefficient (Wildman–Crippen LogP) is 6.55. The molecule has 0 aromatic carbocycles. The van der Waals surface area contributed by atoms with Crippen molar-refractivity contribution in [3.8, 4) is 0 Å². The molecule has 0 saturated heterocycles. The summed E-state index contributed by atoms with van der Waals surface area (Å²) in [7, 11) is 0. The maximum Gasteiger partial charge on any atom is 0.0546 e. The summed E-state index contributed by atoms with van der Waals surface area (Å²) in [6, 6.07) is 1.22. The largest absolute Gasteiger partial charge is 0.364 e. The van der Waals surface area contributed by atoms with Gasteiger partial charge in [0.05, 0.1) is 6.04 Å². The molecule has 1 fully saturated rings. The van der Waals surface area contributed by atoms with Crippen LogP contribution in [0.5, 0.6) is 0 Å². The van der Waals surface area contributed by atoms with Crippen molar-refractivity contribution in [3.63, 3.8) is 0 Å². The van der Waals surface area contributed by atoms with Gasteiger partial charge in [0.25, 0.3) is 0 Å². The van der Waals surface area contributed by atoms with Crippen LogP contribution in [0, 0.1) is 11.8 Å². The molecule has 3 aliphatic carbocycles. The van der Waals surface area contributed by atoms with Crippen molar-refractivity contribution < 1.29 is 0 Å². The van der Waals surface area contributed by atoms with Crippen LogP contribution in [0.3, 0.4) is 0 Å². The molecule has 0 aromatic rings. The summed E-state index contributed by atoms with van der Waals surface area (Å²) in [6.45, 7) is 4.63. The van der Waals surface area contributed by atoms with Gasteiger partial charge in [-0.15, -0.1) is 0 Å². The van der Waals surface area contributed by atoms with E-state index in [0.717, 1.165) is 6.42 Å². The Bertz CT molecular complexity index is 575. The molecule has 1 saturated carbocycles. The van der Waals surface area contributed by atoms with E-state index in [9.17, 15) is 0 Å². The van der Waals surface area contributed by atoms with Gasteiger partial charge in [0.15, 0.2) is 0 Å². The number of alkyl halides is 1. The molecule has 25 heavy (non-hydrogen) atoms. The lowest BCUT2D eigenvalue weighted by atomic mass is 9.81. The minimum atomic E-state index is 0.439. The van der Waals surface area contributed by atoms with E-state index in [1.807, 2.05) is 0 Å². The summed E-state index contributed by atoms with van der Waals surface area (Å²) < 4.78 is 0. The summed E-state index contributed by atoms with van der Waals surface area (Å²) in [5, 5.41) is 0. The van der Waals surface area contributed by atoms with Crippen molar-refractivity contribution in [1.82, 2.24) is 4.90 Å². The van der Waals surface area contributed by atoms with Gasteiger partial charge in [-0.1, -0.05) is 97.6 Å². The maximum absolute atomic E-state index is 3.84. The zero-order valence-corrected chi connectivity index (χ0v) is 17.2. The van der Waals surface area contributed by atoms with Crippen molar-refractivity contribution in [2.24, 2.45) is 11.8 Å². The molecule has 0 amide bonds. The van der Waals surface area contributed by atoms with E-state index in [2.05, 4.69) is 89.4 Å². The van der Waals surface area contributed by atoms with Gasteiger partial charge in [0.2, 0.25) is 0 Å². The highest BCUT2D eigenvalue weighted by Gasteiger charge is 2.38. The third-order valence-electron chi connectivity index (χ3n) is 5.83. The molecule has 2 unspecified atom stereocenters. The van der Waals surface area contributed by atoms with Gasteiger partial charge in [-0.05, 0) is 25.3 Å². The third-order valence-corrected chi connectivity index (χ3v) is 6.44. The van der Waals surface area contributed by atoms with Gasteiger partial charge in [-0.2, -0.15) is 0 Å². The molecule has 0 N–H and O–H groups in total. The standard InChI is InChI=1S/C23H32BrN/c1-18-12-8-5-3-4-6-11-15-22(18)25(20-13-9-7-10-14-20)23-17-16-21(23)19(2)24/h3,5-6,8,11-12,15-21,23H,4,7,9-10,13-14H2,1-2H3/b5-3-,11-6-,12-8-,22-15+/t18?,19-,21-,23?/m0/s1. The SMILES string of the molecule is CC1/C=C\C=C/C/C=C\C=C/1N(C1CCCCC1)C1C=C[C@H]1[C@H](C)Br. The van der Waals surface area contributed by atoms with E-state index >= 15 is 0 Å². The lowest BCUT2D eigenvalue weighted by Crippen LogP contribution is -2.51. The molecule has 2 heteroatoms. The first kappa shape index (κ1) is 18.8. The number of hydrogen-bond acceptors (Lipinski definition) is 1. The van der Waals surface area contributed by atoms with Crippen LogP contribution in [0.2, 0.25) is 0 Å². The smallest absolute Gasteiger partial charge is 0.0546 e. The van der Waals surface area contributed by atoms with Crippen molar-refractivity contribution in [1.29, 1.82) is 0 Å². The number of rotatable bonds is 4. The quantitative estimate of drug-likeness (QED) is 0.381. The molecule has 0 aliphatic heterocycles. The molecule has 0 heterocycles. The van der Waals surface area contributed by atoms with Gasteiger partial charge >= 0.3 is 0 Å². The van der Waals surface area contributed by atoms with Gasteiger partial charge in [0, 0.05) is 28.4 Å². The van der Waals surface area contributed by atoms with Crippen LogP contribution in [-0.4, -0.2) is 21.8 Å². The maximum atomic E-state index is 3.84. The Hall–Kier alpha value is -1.02. The third kappa shape index (κ3) is 4.58. The fourth-order valence-electron chi connectivity index (χ4n) is 4.31. The first-order chi connectivity index (χ1) is 12.2. The fourth-order valence-corrected chi connectivity index (χ4v) is 4.80. The highest BCUT2D eigenvalue weighted by Crippen LogP contribution is 2.39. The molecular weight excluding hydrogens is 370 g/mol. The molecule has 4 atom stereocenters. The van der Waals surface area contributed by atoms with Crippen LogP contribution in [0.25, 0.3) is 0 Å². The highest BCUT2D eigenvalue weighted by atomic mass is 79.9. The lowest BCUT2D eigenvalue weighted by molar-refractivity contribution is 0.124. The number of halogens is 1. The Balaban J connectivity index is 1.92. The average molecular weight is 402 g/mol. The number of hydrogen-bond donors (Lipinski definition) is 0. The Morgan fingerprint density at radius 1 is 1.00 bits per heavy atom. The van der Waals surface area contributed by atoms with E-state index in [4.69, 9.17) is 0 Å². The molecule has 136 valence electrons. The summed E-state index contributed by atoms with van der Waals surface area (Å²) in [5.41, 5.74) is 1.49. The van der Waals surface area contributed by atoms with E-state index in [-0.39, 0.29) is 0 Å². The van der Waals surface area contributed by atoms with Gasteiger partial charge in [0.1, 0.15) is 0 Å². The van der Waals surface area contributed by atoms with Crippen LogP contribution in [0.4, 0.5) is 0 Å². The van der Waals surface area contributed by atoms with E-state index < -0.39 is 0 Å². The Morgan fingerprint density at radius 2 is 1.76 bits per heavy atom. The van der Waals surface area contributed by atoms with Gasteiger partial charge in [-0.3, -0.25) is 0 Å². The topological polar surface area (TPSA) is 3.24 Å². The highest BCUT2D eigenvalue weighted by molar-refractivity contribution is 9.09. The number of allylic oxidation sites excluding steroid dienone is 7. The molecule has 1 nitrogen and oxygen atoms in total. The van der Waals surface area contributed by atoms with Crippen LogP contribution in [0.15, 0.2) is 60.4 Å². The second kappa shape index (κ2) is 9.07. The normalized spacial score (nSPS) is 37.2. The van der Waals surface area contributed by atoms with E-state index in [1.165, 1.54) is 37.8 Å². The van der Waals surface area contributed by atoms with E-state index in [0.29, 0.717) is 28.7 Å². The molecule has 3 aliphatic rings. The molecule has 0 bridgehead atoms. The van der Waals surface area contributed by atoms with Crippen molar-refractivity contribution in [3.05, 3.63) is 60.4 Å². The summed E-state index contributed by atoms with van der Waals surface area (Å²) in [5.74, 6) is 1.05. The molecular formula is C23H32BrN. The zero-order valence-electron chi connectivity index (χ0n) is 15.7. The van der Waals surface area contributed by atoms with Gasteiger partial charge < -0.3 is 4.90 Å². The Labute approximate surface area is 162 Å².